The zero-order valence-electron chi connectivity index (χ0n) is 20.6. The first-order valence-corrected chi connectivity index (χ1v) is 13.1. The number of hydrogen-bond acceptors (Lipinski definition) is 6. The molecular weight excluding hydrogens is 398 g/mol. The summed E-state index contributed by atoms with van der Waals surface area (Å²) in [5.74, 6) is 1.57. The monoisotopic (exact) mass is 443 g/mol. The smallest absolute Gasteiger partial charge is 0.225 e. The van der Waals surface area contributed by atoms with Crippen LogP contribution in [0, 0.1) is 0 Å². The molecule has 4 fully saturated rings. The van der Waals surface area contributed by atoms with Crippen LogP contribution in [0.4, 0.5) is 5.95 Å². The van der Waals surface area contributed by atoms with Crippen LogP contribution < -0.4 is 10.2 Å². The highest BCUT2D eigenvalue weighted by Crippen LogP contribution is 2.34. The zero-order valence-corrected chi connectivity index (χ0v) is 20.6. The Labute approximate surface area is 195 Å². The second-order valence-electron chi connectivity index (χ2n) is 9.89. The van der Waals surface area contributed by atoms with Gasteiger partial charge < -0.3 is 15.0 Å². The van der Waals surface area contributed by atoms with E-state index >= 15 is 0 Å². The Kier molecular flexibility index (Phi) is 10.4. The van der Waals surface area contributed by atoms with E-state index in [-0.39, 0.29) is 0 Å². The number of nitrogens with zero attached hydrogens (tertiary/aromatic N) is 4. The van der Waals surface area contributed by atoms with E-state index in [0.717, 1.165) is 25.3 Å². The van der Waals surface area contributed by atoms with Crippen LogP contribution in [0.2, 0.25) is 0 Å². The van der Waals surface area contributed by atoms with Crippen molar-refractivity contribution >= 4 is 12.2 Å². The van der Waals surface area contributed by atoms with Gasteiger partial charge in [-0.05, 0) is 38.7 Å². The number of aldehydes is 1. The molecule has 3 atom stereocenters. The Bertz CT molecular complexity index is 629. The van der Waals surface area contributed by atoms with Gasteiger partial charge in [0.2, 0.25) is 5.95 Å². The summed E-state index contributed by atoms with van der Waals surface area (Å²) in [6.07, 6.45) is 19.2. The minimum Gasteiger partial charge on any atom is -0.332 e. The second-order valence-corrected chi connectivity index (χ2v) is 9.89. The first-order valence-electron chi connectivity index (χ1n) is 13.1. The summed E-state index contributed by atoms with van der Waals surface area (Å²) in [5, 5.41) is 3.31. The lowest BCUT2D eigenvalue weighted by atomic mass is 9.97. The lowest BCUT2D eigenvalue weighted by Crippen LogP contribution is -2.56. The van der Waals surface area contributed by atoms with E-state index in [4.69, 9.17) is 14.8 Å². The Hall–Kier alpha value is -1.53. The van der Waals surface area contributed by atoms with Gasteiger partial charge in [-0.2, -0.15) is 0 Å². The van der Waals surface area contributed by atoms with Gasteiger partial charge in [-0.15, -0.1) is 0 Å². The molecule has 1 N–H and O–H groups in total. The Balaban J connectivity index is 0.000000242. The van der Waals surface area contributed by atoms with E-state index in [2.05, 4.69) is 29.0 Å². The average Bonchev–Trinajstić information content (AvgIpc) is 2.99. The third kappa shape index (κ3) is 6.74. The molecule has 1 aromatic rings. The predicted molar refractivity (Wildman–Crippen MR) is 132 cm³/mol. The number of carbonyl (C=O) groups excluding carboxylic acids is 1. The molecule has 180 valence electrons. The SMILES string of the molecule is C1CCCCCC1.CC=O.CCC(C)N1CC2CCC(C1)N2c1ncc(C2CNC2)cn1. The van der Waals surface area contributed by atoms with E-state index in [0.29, 0.717) is 24.0 Å². The Morgan fingerprint density at radius 1 is 1.00 bits per heavy atom. The van der Waals surface area contributed by atoms with Crippen molar-refractivity contribution < 1.29 is 4.79 Å². The van der Waals surface area contributed by atoms with Gasteiger partial charge in [-0.25, -0.2) is 9.97 Å². The van der Waals surface area contributed by atoms with Crippen molar-refractivity contribution in [3.63, 3.8) is 0 Å². The van der Waals surface area contributed by atoms with Crippen LogP contribution in [-0.4, -0.2) is 65.5 Å². The molecule has 2 bridgehead atoms. The van der Waals surface area contributed by atoms with E-state index in [1.165, 1.54) is 89.8 Å². The lowest BCUT2D eigenvalue weighted by Gasteiger charge is -2.43. The van der Waals surface area contributed by atoms with Crippen LogP contribution in [0.15, 0.2) is 12.4 Å². The average molecular weight is 444 g/mol. The fourth-order valence-corrected chi connectivity index (χ4v) is 5.32. The Morgan fingerprint density at radius 2 is 1.47 bits per heavy atom. The normalized spacial score (nSPS) is 26.5. The molecular formula is C26H45N5O. The lowest BCUT2D eigenvalue weighted by molar-refractivity contribution is -0.106. The van der Waals surface area contributed by atoms with Crippen molar-refractivity contribution in [3.05, 3.63) is 18.0 Å². The number of nitrogens with one attached hydrogen (secondary N) is 1. The fourth-order valence-electron chi connectivity index (χ4n) is 5.32. The minimum absolute atomic E-state index is 0.601. The first kappa shape index (κ1) is 25.1. The second kappa shape index (κ2) is 13.2. The standard InChI is InChI=1S/C17H27N5.C7H14.C2H4O/c1-3-12(2)21-10-15-4-5-16(11-21)22(15)17-19-8-14(9-20-17)13-6-18-7-13;1-2-4-6-7-5-3-1;1-2-3/h8-9,12-13,15-16,18H,3-7,10-11H2,1-2H3;1-7H2;2H,1H3. The van der Waals surface area contributed by atoms with E-state index in [1.54, 1.807) is 0 Å². The molecule has 3 unspecified atom stereocenters. The molecule has 4 heterocycles. The highest BCUT2D eigenvalue weighted by molar-refractivity contribution is 5.44. The van der Waals surface area contributed by atoms with Gasteiger partial charge in [-0.3, -0.25) is 4.90 Å². The van der Waals surface area contributed by atoms with Crippen LogP contribution in [0.25, 0.3) is 0 Å². The predicted octanol–water partition coefficient (Wildman–Crippen LogP) is 4.55. The molecule has 0 aromatic carbocycles. The summed E-state index contributed by atoms with van der Waals surface area (Å²) < 4.78 is 0. The van der Waals surface area contributed by atoms with Gasteiger partial charge in [0.15, 0.2) is 0 Å². The van der Waals surface area contributed by atoms with Crippen molar-refractivity contribution in [2.45, 2.75) is 109 Å². The van der Waals surface area contributed by atoms with Crippen LogP contribution in [0.1, 0.15) is 96.5 Å². The fraction of sp³-hybridized carbons (Fsp3) is 0.808. The molecule has 1 saturated carbocycles. The van der Waals surface area contributed by atoms with Crippen molar-refractivity contribution in [1.82, 2.24) is 20.2 Å². The largest absolute Gasteiger partial charge is 0.332 e. The van der Waals surface area contributed by atoms with E-state index in [9.17, 15) is 0 Å². The summed E-state index contributed by atoms with van der Waals surface area (Å²) in [6.45, 7) is 10.6. The molecule has 6 nitrogen and oxygen atoms in total. The Morgan fingerprint density at radius 3 is 1.84 bits per heavy atom. The third-order valence-electron chi connectivity index (χ3n) is 7.62. The number of likely N-dealkylation sites (tertiary alicyclic amines) is 1. The summed E-state index contributed by atoms with van der Waals surface area (Å²) in [6, 6.07) is 1.90. The van der Waals surface area contributed by atoms with Crippen LogP contribution >= 0.6 is 0 Å². The summed E-state index contributed by atoms with van der Waals surface area (Å²) in [7, 11) is 0. The highest BCUT2D eigenvalue weighted by atomic mass is 16.1. The topological polar surface area (TPSA) is 61.4 Å². The maximum Gasteiger partial charge on any atom is 0.225 e. The molecule has 32 heavy (non-hydrogen) atoms. The first-order chi connectivity index (χ1) is 15.7. The third-order valence-corrected chi connectivity index (χ3v) is 7.62. The summed E-state index contributed by atoms with van der Waals surface area (Å²) in [5.41, 5.74) is 1.29. The van der Waals surface area contributed by atoms with Crippen molar-refractivity contribution in [2.24, 2.45) is 0 Å². The van der Waals surface area contributed by atoms with Gasteiger partial charge in [0, 0.05) is 62.6 Å². The number of hydrogen-bond donors (Lipinski definition) is 1. The van der Waals surface area contributed by atoms with Crippen LogP contribution in [0.3, 0.4) is 0 Å². The molecule has 4 aliphatic rings. The molecule has 1 aliphatic carbocycles. The quantitative estimate of drug-likeness (QED) is 0.544. The molecule has 0 radical (unpaired) electrons. The van der Waals surface area contributed by atoms with Gasteiger partial charge in [-0.1, -0.05) is 51.9 Å². The molecule has 0 spiro atoms. The van der Waals surface area contributed by atoms with Crippen molar-refractivity contribution in [2.75, 3.05) is 31.1 Å². The maximum absolute atomic E-state index is 8.81. The summed E-state index contributed by atoms with van der Waals surface area (Å²) in [4.78, 5) is 23.4. The number of carbonyl (C=O) groups is 1. The van der Waals surface area contributed by atoms with Gasteiger partial charge in [0.05, 0.1) is 0 Å². The van der Waals surface area contributed by atoms with Crippen LogP contribution in [0.5, 0.6) is 0 Å². The van der Waals surface area contributed by atoms with Crippen molar-refractivity contribution in [1.29, 1.82) is 0 Å². The number of rotatable bonds is 4. The molecule has 5 rings (SSSR count). The number of piperazine rings is 1. The van der Waals surface area contributed by atoms with Gasteiger partial charge >= 0.3 is 0 Å². The molecule has 0 amide bonds. The zero-order chi connectivity index (χ0) is 22.8. The molecule has 3 saturated heterocycles. The molecule has 3 aliphatic heterocycles. The molecule has 6 heteroatoms. The number of fused-ring (bicyclic) bond motifs is 2. The van der Waals surface area contributed by atoms with E-state index in [1.807, 2.05) is 12.4 Å². The van der Waals surface area contributed by atoms with Gasteiger partial charge in [0.25, 0.3) is 0 Å². The number of anilines is 1. The van der Waals surface area contributed by atoms with Crippen molar-refractivity contribution in [3.8, 4) is 0 Å². The maximum atomic E-state index is 8.81. The highest BCUT2D eigenvalue weighted by Gasteiger charge is 2.42. The summed E-state index contributed by atoms with van der Waals surface area (Å²) >= 11 is 0. The van der Waals surface area contributed by atoms with E-state index < -0.39 is 0 Å². The molecule has 1 aromatic heterocycles. The van der Waals surface area contributed by atoms with Gasteiger partial charge in [0.1, 0.15) is 6.29 Å². The number of aromatic nitrogens is 2. The minimum atomic E-state index is 0.601. The van der Waals surface area contributed by atoms with Crippen LogP contribution in [-0.2, 0) is 4.79 Å².